The van der Waals surface area contributed by atoms with Gasteiger partial charge in [0.2, 0.25) is 11.8 Å². The Morgan fingerprint density at radius 3 is 2.56 bits per heavy atom. The minimum Gasteiger partial charge on any atom is -0.382 e. The average Bonchev–Trinajstić information content (AvgIpc) is 3.47. The molecule has 0 bridgehead atoms. The summed E-state index contributed by atoms with van der Waals surface area (Å²) in [6.07, 6.45) is 3.74. The summed E-state index contributed by atoms with van der Waals surface area (Å²) in [6, 6.07) is 9.89. The predicted octanol–water partition coefficient (Wildman–Crippen LogP) is 2.31. The van der Waals surface area contributed by atoms with E-state index in [4.69, 9.17) is 4.74 Å². The molecule has 3 rings (SSSR count). The summed E-state index contributed by atoms with van der Waals surface area (Å²) in [5.41, 5.74) is 0.447. The first-order chi connectivity index (χ1) is 12.0. The van der Waals surface area contributed by atoms with Gasteiger partial charge in [0.05, 0.1) is 18.1 Å². The Morgan fingerprint density at radius 2 is 1.92 bits per heavy atom. The number of hydrogen-bond donors (Lipinski definition) is 1. The topological polar surface area (TPSA) is 58.6 Å². The maximum Gasteiger partial charge on any atom is 0.225 e. The van der Waals surface area contributed by atoms with Crippen LogP contribution in [0.25, 0.3) is 0 Å². The van der Waals surface area contributed by atoms with Gasteiger partial charge in [-0.3, -0.25) is 9.59 Å². The smallest absolute Gasteiger partial charge is 0.225 e. The second-order valence-corrected chi connectivity index (χ2v) is 7.52. The van der Waals surface area contributed by atoms with Crippen molar-refractivity contribution in [3.05, 3.63) is 35.9 Å². The average molecular weight is 344 g/mol. The summed E-state index contributed by atoms with van der Waals surface area (Å²) >= 11 is 0. The van der Waals surface area contributed by atoms with Crippen LogP contribution in [0.1, 0.15) is 38.2 Å². The van der Waals surface area contributed by atoms with Gasteiger partial charge in [0.15, 0.2) is 0 Å². The maximum absolute atomic E-state index is 12.9. The number of likely N-dealkylation sites (tertiary alicyclic amines) is 1. The van der Waals surface area contributed by atoms with E-state index >= 15 is 0 Å². The number of ether oxygens (including phenoxy) is 1. The molecule has 1 saturated heterocycles. The molecule has 1 saturated carbocycles. The molecule has 1 aromatic rings. The van der Waals surface area contributed by atoms with Crippen LogP contribution in [0.2, 0.25) is 0 Å². The molecule has 2 fully saturated rings. The Balaban J connectivity index is 1.67. The molecule has 5 nitrogen and oxygen atoms in total. The van der Waals surface area contributed by atoms with Crippen LogP contribution < -0.4 is 5.32 Å². The van der Waals surface area contributed by atoms with Gasteiger partial charge in [-0.2, -0.15) is 0 Å². The number of carbonyl (C=O) groups excluding carboxylic acids is 2. The van der Waals surface area contributed by atoms with E-state index in [1.165, 1.54) is 0 Å². The predicted molar refractivity (Wildman–Crippen MR) is 95.8 cm³/mol. The molecule has 2 atom stereocenters. The van der Waals surface area contributed by atoms with Gasteiger partial charge in [0.25, 0.3) is 0 Å². The largest absolute Gasteiger partial charge is 0.382 e. The SMILES string of the molecule is COC[C@](C)(NC(=O)[C@H]1CCCN(C(=O)C2CC2)C1)c1ccccc1. The summed E-state index contributed by atoms with van der Waals surface area (Å²) in [5, 5.41) is 3.18. The molecule has 1 N–H and O–H groups in total. The first kappa shape index (κ1) is 17.9. The third-order valence-electron chi connectivity index (χ3n) is 5.27. The Labute approximate surface area is 149 Å². The molecular weight excluding hydrogens is 316 g/mol. The van der Waals surface area contributed by atoms with Gasteiger partial charge < -0.3 is 15.0 Å². The van der Waals surface area contributed by atoms with Gasteiger partial charge in [-0.25, -0.2) is 0 Å². The second-order valence-electron chi connectivity index (χ2n) is 7.52. The number of rotatable bonds is 6. The highest BCUT2D eigenvalue weighted by Gasteiger charge is 2.38. The van der Waals surface area contributed by atoms with Gasteiger partial charge in [-0.05, 0) is 38.2 Å². The van der Waals surface area contributed by atoms with Gasteiger partial charge in [-0.1, -0.05) is 30.3 Å². The molecule has 0 radical (unpaired) electrons. The number of amides is 2. The van der Waals surface area contributed by atoms with Crippen LogP contribution in [-0.4, -0.2) is 43.5 Å². The molecule has 2 aliphatic rings. The summed E-state index contributed by atoms with van der Waals surface area (Å²) in [4.78, 5) is 27.1. The molecule has 136 valence electrons. The van der Waals surface area contributed by atoms with Crippen LogP contribution in [0.5, 0.6) is 0 Å². The van der Waals surface area contributed by atoms with Crippen molar-refractivity contribution >= 4 is 11.8 Å². The number of nitrogens with one attached hydrogen (secondary N) is 1. The van der Waals surface area contributed by atoms with E-state index in [-0.39, 0.29) is 23.7 Å². The fraction of sp³-hybridized carbons (Fsp3) is 0.600. The minimum atomic E-state index is -0.574. The van der Waals surface area contributed by atoms with Crippen LogP contribution in [0.3, 0.4) is 0 Å². The monoisotopic (exact) mass is 344 g/mol. The first-order valence-corrected chi connectivity index (χ1v) is 9.19. The molecule has 25 heavy (non-hydrogen) atoms. The van der Waals surface area contributed by atoms with Crippen LogP contribution in [0, 0.1) is 11.8 Å². The van der Waals surface area contributed by atoms with Gasteiger partial charge in [0, 0.05) is 26.1 Å². The number of carbonyl (C=O) groups is 2. The lowest BCUT2D eigenvalue weighted by Gasteiger charge is -2.36. The fourth-order valence-corrected chi connectivity index (χ4v) is 3.64. The minimum absolute atomic E-state index is 0.0108. The lowest BCUT2D eigenvalue weighted by atomic mass is 9.90. The summed E-state index contributed by atoms with van der Waals surface area (Å²) in [7, 11) is 1.64. The summed E-state index contributed by atoms with van der Waals surface area (Å²) in [6.45, 7) is 3.71. The highest BCUT2D eigenvalue weighted by Crippen LogP contribution is 2.32. The van der Waals surface area contributed by atoms with Crippen molar-refractivity contribution in [1.82, 2.24) is 10.2 Å². The van der Waals surface area contributed by atoms with E-state index in [0.29, 0.717) is 13.2 Å². The third-order valence-corrected chi connectivity index (χ3v) is 5.27. The number of piperidine rings is 1. The van der Waals surface area contributed by atoms with E-state index < -0.39 is 5.54 Å². The molecule has 0 spiro atoms. The standard InChI is InChI=1S/C20H28N2O3/c1-20(14-25-2,17-8-4-3-5-9-17)21-18(23)16-7-6-12-22(13-16)19(24)15-10-11-15/h3-5,8-9,15-16H,6-7,10-14H2,1-2H3,(H,21,23)/t16-,20-/m0/s1. The number of hydrogen-bond acceptors (Lipinski definition) is 3. The number of nitrogens with zero attached hydrogens (tertiary/aromatic N) is 1. The highest BCUT2D eigenvalue weighted by molar-refractivity contribution is 5.84. The Kier molecular flexibility index (Phi) is 5.42. The molecule has 0 aromatic heterocycles. The quantitative estimate of drug-likeness (QED) is 0.861. The van der Waals surface area contributed by atoms with Crippen LogP contribution in [0.15, 0.2) is 30.3 Å². The molecule has 1 aromatic carbocycles. The molecule has 1 aliphatic carbocycles. The zero-order valence-corrected chi connectivity index (χ0v) is 15.2. The summed E-state index contributed by atoms with van der Waals surface area (Å²) < 4.78 is 5.37. The van der Waals surface area contributed by atoms with E-state index in [2.05, 4.69) is 5.32 Å². The first-order valence-electron chi connectivity index (χ1n) is 9.19. The van der Waals surface area contributed by atoms with Crippen molar-refractivity contribution < 1.29 is 14.3 Å². The van der Waals surface area contributed by atoms with Crippen molar-refractivity contribution in [1.29, 1.82) is 0 Å². The van der Waals surface area contributed by atoms with Crippen LogP contribution in [0.4, 0.5) is 0 Å². The lowest BCUT2D eigenvalue weighted by molar-refractivity contribution is -0.137. The number of methoxy groups -OCH3 is 1. The van der Waals surface area contributed by atoms with Crippen molar-refractivity contribution in [2.75, 3.05) is 26.8 Å². The van der Waals surface area contributed by atoms with E-state index in [0.717, 1.165) is 37.8 Å². The van der Waals surface area contributed by atoms with E-state index in [9.17, 15) is 9.59 Å². The normalized spacial score (nSPS) is 23.0. The maximum atomic E-state index is 12.9. The van der Waals surface area contributed by atoms with Crippen LogP contribution >= 0.6 is 0 Å². The highest BCUT2D eigenvalue weighted by atomic mass is 16.5. The zero-order chi connectivity index (χ0) is 17.9. The van der Waals surface area contributed by atoms with Crippen molar-refractivity contribution in [3.8, 4) is 0 Å². The Morgan fingerprint density at radius 1 is 1.20 bits per heavy atom. The third kappa shape index (κ3) is 4.21. The van der Waals surface area contributed by atoms with Crippen molar-refractivity contribution in [2.45, 2.75) is 38.1 Å². The molecule has 2 amide bonds. The molecule has 5 heteroatoms. The Hall–Kier alpha value is -1.88. The van der Waals surface area contributed by atoms with Gasteiger partial charge in [-0.15, -0.1) is 0 Å². The Bertz CT molecular complexity index is 615. The van der Waals surface area contributed by atoms with Crippen LogP contribution in [-0.2, 0) is 19.9 Å². The van der Waals surface area contributed by atoms with Gasteiger partial charge >= 0.3 is 0 Å². The molecule has 0 unspecified atom stereocenters. The molecular formula is C20H28N2O3. The van der Waals surface area contributed by atoms with Crippen molar-refractivity contribution in [2.24, 2.45) is 11.8 Å². The van der Waals surface area contributed by atoms with Crippen molar-refractivity contribution in [3.63, 3.8) is 0 Å². The molecule has 1 aliphatic heterocycles. The van der Waals surface area contributed by atoms with E-state index in [1.54, 1.807) is 7.11 Å². The lowest BCUT2D eigenvalue weighted by Crippen LogP contribution is -2.52. The number of benzene rings is 1. The zero-order valence-electron chi connectivity index (χ0n) is 15.2. The second kappa shape index (κ2) is 7.56. The summed E-state index contributed by atoms with van der Waals surface area (Å²) in [5.74, 6) is 0.318. The molecule has 1 heterocycles. The van der Waals surface area contributed by atoms with E-state index in [1.807, 2.05) is 42.2 Å². The van der Waals surface area contributed by atoms with Gasteiger partial charge in [0.1, 0.15) is 0 Å². The fourth-order valence-electron chi connectivity index (χ4n) is 3.64.